The topological polar surface area (TPSA) is 58.6 Å². The van der Waals surface area contributed by atoms with Crippen LogP contribution in [-0.4, -0.2) is 42.6 Å². The molecule has 0 bridgehead atoms. The van der Waals surface area contributed by atoms with Gasteiger partial charge in [0.1, 0.15) is 6.04 Å². The smallest absolute Gasteiger partial charge is 0.329 e. The van der Waals surface area contributed by atoms with Crippen LogP contribution in [0.1, 0.15) is 46.6 Å². The molecule has 1 amide bonds. The molecule has 0 spiro atoms. The Bertz CT molecular complexity index is 590. The number of ether oxygens (including phenoxy) is 1. The number of amides is 1. The molecule has 0 heterocycles. The summed E-state index contributed by atoms with van der Waals surface area (Å²) in [6.07, 6.45) is 1.07. The van der Waals surface area contributed by atoms with Gasteiger partial charge in [0, 0.05) is 19.3 Å². The second-order valence-electron chi connectivity index (χ2n) is 6.95. The second-order valence-corrected chi connectivity index (χ2v) is 8.40. The van der Waals surface area contributed by atoms with Crippen molar-refractivity contribution in [3.8, 4) is 0 Å². The molecule has 0 fully saturated rings. The van der Waals surface area contributed by atoms with Gasteiger partial charge in [-0.15, -0.1) is 11.8 Å². The van der Waals surface area contributed by atoms with Gasteiger partial charge in [0.15, 0.2) is 0 Å². The van der Waals surface area contributed by atoms with Gasteiger partial charge in [-0.25, -0.2) is 4.79 Å². The van der Waals surface area contributed by atoms with Crippen molar-refractivity contribution in [1.82, 2.24) is 5.32 Å². The third-order valence-electron chi connectivity index (χ3n) is 4.33. The van der Waals surface area contributed by atoms with Crippen LogP contribution in [0, 0.1) is 5.92 Å². The molecule has 2 unspecified atom stereocenters. The minimum absolute atomic E-state index is 0.0354. The molecule has 1 aromatic carbocycles. The summed E-state index contributed by atoms with van der Waals surface area (Å²) in [4.78, 5) is 26.3. The van der Waals surface area contributed by atoms with Gasteiger partial charge in [0.05, 0.1) is 11.9 Å². The highest BCUT2D eigenvalue weighted by molar-refractivity contribution is 8.00. The maximum absolute atomic E-state index is 12.3. The number of anilines is 1. The van der Waals surface area contributed by atoms with Gasteiger partial charge in [0.2, 0.25) is 5.91 Å². The molecule has 2 atom stereocenters. The van der Waals surface area contributed by atoms with E-state index in [9.17, 15) is 9.59 Å². The Morgan fingerprint density at radius 3 is 2.30 bits per heavy atom. The SMILES string of the molecule is CCCSC(C)C(=O)NCc1ccc(N(C)C(C(=O)OCC)C(C)C)cc1. The average Bonchev–Trinajstić information content (AvgIpc) is 2.64. The zero-order valence-corrected chi connectivity index (χ0v) is 18.3. The number of nitrogens with zero attached hydrogens (tertiary/aromatic N) is 1. The highest BCUT2D eigenvalue weighted by atomic mass is 32.2. The van der Waals surface area contributed by atoms with Gasteiger partial charge in [-0.05, 0) is 49.6 Å². The monoisotopic (exact) mass is 394 g/mol. The number of esters is 1. The van der Waals surface area contributed by atoms with Crippen molar-refractivity contribution in [3.05, 3.63) is 29.8 Å². The molecule has 152 valence electrons. The van der Waals surface area contributed by atoms with Gasteiger partial charge in [-0.2, -0.15) is 0 Å². The third kappa shape index (κ3) is 7.45. The first kappa shape index (κ1) is 23.3. The minimum Gasteiger partial charge on any atom is -0.464 e. The fourth-order valence-electron chi connectivity index (χ4n) is 2.82. The number of thioether (sulfide) groups is 1. The molecule has 0 radical (unpaired) electrons. The number of carbonyl (C=O) groups excluding carboxylic acids is 2. The normalized spacial score (nSPS) is 13.1. The van der Waals surface area contributed by atoms with Crippen molar-refractivity contribution in [2.45, 2.75) is 58.9 Å². The van der Waals surface area contributed by atoms with E-state index in [1.807, 2.05) is 63.9 Å². The van der Waals surface area contributed by atoms with Gasteiger partial charge < -0.3 is 15.0 Å². The first-order valence-electron chi connectivity index (χ1n) is 9.69. The van der Waals surface area contributed by atoms with Crippen molar-refractivity contribution >= 4 is 29.3 Å². The van der Waals surface area contributed by atoms with Gasteiger partial charge in [-0.3, -0.25) is 4.79 Å². The predicted molar refractivity (Wildman–Crippen MR) is 114 cm³/mol. The van der Waals surface area contributed by atoms with E-state index in [0.29, 0.717) is 13.2 Å². The summed E-state index contributed by atoms with van der Waals surface area (Å²) in [5.41, 5.74) is 1.98. The zero-order valence-electron chi connectivity index (χ0n) is 17.5. The summed E-state index contributed by atoms with van der Waals surface area (Å²) in [5, 5.41) is 2.95. The summed E-state index contributed by atoms with van der Waals surface area (Å²) in [5.74, 6) is 0.990. The fourth-order valence-corrected chi connectivity index (χ4v) is 3.64. The van der Waals surface area contributed by atoms with Gasteiger partial charge >= 0.3 is 5.97 Å². The van der Waals surface area contributed by atoms with Crippen LogP contribution < -0.4 is 10.2 Å². The molecule has 1 aromatic rings. The van der Waals surface area contributed by atoms with Crippen molar-refractivity contribution in [2.75, 3.05) is 24.3 Å². The molecule has 0 saturated heterocycles. The molecule has 0 saturated carbocycles. The summed E-state index contributed by atoms with van der Waals surface area (Å²) in [6.45, 7) is 10.8. The molecule has 0 aliphatic rings. The van der Waals surface area contributed by atoms with E-state index >= 15 is 0 Å². The summed E-state index contributed by atoms with van der Waals surface area (Å²) >= 11 is 1.68. The lowest BCUT2D eigenvalue weighted by molar-refractivity contribution is -0.145. The van der Waals surface area contributed by atoms with E-state index in [2.05, 4.69) is 12.2 Å². The Hall–Kier alpha value is -1.69. The van der Waals surface area contributed by atoms with Crippen LogP contribution in [0.15, 0.2) is 24.3 Å². The molecule has 6 heteroatoms. The molecule has 0 aromatic heterocycles. The lowest BCUT2D eigenvalue weighted by Crippen LogP contribution is -2.43. The standard InChI is InChI=1S/C21H34N2O3S/c1-7-13-27-16(5)20(24)22-14-17-9-11-18(12-10-17)23(6)19(15(3)4)21(25)26-8-2/h9-12,15-16,19H,7-8,13-14H2,1-6H3,(H,22,24). The second kappa shape index (κ2) is 11.9. The number of hydrogen-bond donors (Lipinski definition) is 1. The molecule has 1 rings (SSSR count). The lowest BCUT2D eigenvalue weighted by atomic mass is 10.0. The van der Waals surface area contributed by atoms with Crippen molar-refractivity contribution in [1.29, 1.82) is 0 Å². The average molecular weight is 395 g/mol. The largest absolute Gasteiger partial charge is 0.464 e. The number of benzene rings is 1. The number of likely N-dealkylation sites (N-methyl/N-ethyl adjacent to an activating group) is 1. The van der Waals surface area contributed by atoms with Crippen LogP contribution in [-0.2, 0) is 20.9 Å². The fraction of sp³-hybridized carbons (Fsp3) is 0.619. The van der Waals surface area contributed by atoms with Gasteiger partial charge in [-0.1, -0.05) is 32.9 Å². The van der Waals surface area contributed by atoms with E-state index in [1.54, 1.807) is 11.8 Å². The Labute approximate surface area is 168 Å². The first-order chi connectivity index (χ1) is 12.8. The van der Waals surface area contributed by atoms with Crippen molar-refractivity contribution in [2.24, 2.45) is 5.92 Å². The molecule has 27 heavy (non-hydrogen) atoms. The van der Waals surface area contributed by atoms with Crippen molar-refractivity contribution in [3.63, 3.8) is 0 Å². The summed E-state index contributed by atoms with van der Waals surface area (Å²) in [7, 11) is 1.91. The van der Waals surface area contributed by atoms with E-state index in [-0.39, 0.29) is 29.1 Å². The quantitative estimate of drug-likeness (QED) is 0.578. The molecule has 0 aliphatic carbocycles. The highest BCUT2D eigenvalue weighted by Crippen LogP contribution is 2.21. The molecular formula is C21H34N2O3S. The first-order valence-corrected chi connectivity index (χ1v) is 10.7. The van der Waals surface area contributed by atoms with Crippen LogP contribution in [0.5, 0.6) is 0 Å². The Morgan fingerprint density at radius 1 is 1.15 bits per heavy atom. The van der Waals surface area contributed by atoms with Gasteiger partial charge in [0.25, 0.3) is 0 Å². The van der Waals surface area contributed by atoms with Crippen LogP contribution >= 0.6 is 11.8 Å². The molecule has 1 N–H and O–H groups in total. The number of hydrogen-bond acceptors (Lipinski definition) is 5. The predicted octanol–water partition coefficient (Wildman–Crippen LogP) is 3.86. The maximum Gasteiger partial charge on any atom is 0.329 e. The van der Waals surface area contributed by atoms with Crippen LogP contribution in [0.4, 0.5) is 5.69 Å². The van der Waals surface area contributed by atoms with E-state index in [4.69, 9.17) is 4.74 Å². The van der Waals surface area contributed by atoms with Crippen LogP contribution in [0.2, 0.25) is 0 Å². The molecular weight excluding hydrogens is 360 g/mol. The number of carbonyl (C=O) groups is 2. The Kier molecular flexibility index (Phi) is 10.3. The van der Waals surface area contributed by atoms with E-state index in [0.717, 1.165) is 23.4 Å². The molecule has 0 aliphatic heterocycles. The zero-order chi connectivity index (χ0) is 20.4. The Balaban J connectivity index is 2.69. The van der Waals surface area contributed by atoms with Crippen LogP contribution in [0.25, 0.3) is 0 Å². The van der Waals surface area contributed by atoms with Crippen molar-refractivity contribution < 1.29 is 14.3 Å². The van der Waals surface area contributed by atoms with E-state index < -0.39 is 0 Å². The number of nitrogens with one attached hydrogen (secondary N) is 1. The lowest BCUT2D eigenvalue weighted by Gasteiger charge is -2.31. The third-order valence-corrected chi connectivity index (χ3v) is 5.69. The summed E-state index contributed by atoms with van der Waals surface area (Å²) < 4.78 is 5.22. The molecule has 5 nitrogen and oxygen atoms in total. The van der Waals surface area contributed by atoms with E-state index in [1.165, 1.54) is 0 Å². The number of rotatable bonds is 11. The highest BCUT2D eigenvalue weighted by Gasteiger charge is 2.28. The summed E-state index contributed by atoms with van der Waals surface area (Å²) in [6, 6.07) is 7.60. The minimum atomic E-state index is -0.327. The van der Waals surface area contributed by atoms with Crippen LogP contribution in [0.3, 0.4) is 0 Å². The Morgan fingerprint density at radius 2 is 1.78 bits per heavy atom. The maximum atomic E-state index is 12.3.